The van der Waals surface area contributed by atoms with Gasteiger partial charge in [-0.1, -0.05) is 73.2 Å². The Hall–Kier alpha value is -3.65. The lowest BCUT2D eigenvalue weighted by molar-refractivity contribution is -0.139. The first-order valence-corrected chi connectivity index (χ1v) is 13.9. The molecule has 0 bridgehead atoms. The lowest BCUT2D eigenvalue weighted by atomic mass is 10.1. The minimum absolute atomic E-state index is 0.0504. The number of anilines is 1. The highest BCUT2D eigenvalue weighted by molar-refractivity contribution is 7.92. The number of para-hydroxylation sites is 1. The average molecular weight is 522 g/mol. The number of hydrogen-bond donors (Lipinski definition) is 1. The number of nitrogens with zero attached hydrogens (tertiary/aromatic N) is 2. The molecule has 1 N–H and O–H groups in total. The topological polar surface area (TPSA) is 86.8 Å². The quantitative estimate of drug-likeness (QED) is 0.402. The first-order valence-electron chi connectivity index (χ1n) is 12.4. The number of aryl methyl sites for hydroxylation is 1. The first kappa shape index (κ1) is 27.9. The minimum atomic E-state index is -4.04. The SMILES string of the molecule is CC[C@H](C)NC(=O)[C@@H](C)N(Cc1ccc(C)cc1)C(=O)CN(c1ccccc1)S(=O)(=O)c1ccccc1. The van der Waals surface area contributed by atoms with Gasteiger partial charge in [-0.15, -0.1) is 0 Å². The van der Waals surface area contributed by atoms with E-state index in [0.29, 0.717) is 5.69 Å². The number of nitrogens with one attached hydrogen (secondary N) is 1. The molecule has 0 aliphatic heterocycles. The van der Waals surface area contributed by atoms with Gasteiger partial charge in [-0.25, -0.2) is 8.42 Å². The normalized spacial score (nSPS) is 12.9. The molecule has 0 fully saturated rings. The van der Waals surface area contributed by atoms with Crippen LogP contribution >= 0.6 is 0 Å². The van der Waals surface area contributed by atoms with Crippen LogP contribution in [0, 0.1) is 6.92 Å². The number of carbonyl (C=O) groups excluding carboxylic acids is 2. The van der Waals surface area contributed by atoms with Crippen molar-refractivity contribution in [2.45, 2.75) is 57.6 Å². The molecule has 0 aromatic heterocycles. The zero-order chi connectivity index (χ0) is 27.0. The van der Waals surface area contributed by atoms with Gasteiger partial charge in [-0.05, 0) is 57.0 Å². The Morgan fingerprint density at radius 1 is 0.865 bits per heavy atom. The summed E-state index contributed by atoms with van der Waals surface area (Å²) < 4.78 is 28.4. The van der Waals surface area contributed by atoms with Crippen molar-refractivity contribution in [3.05, 3.63) is 96.1 Å². The Labute approximate surface area is 220 Å². The van der Waals surface area contributed by atoms with E-state index in [0.717, 1.165) is 21.9 Å². The number of sulfonamides is 1. The summed E-state index contributed by atoms with van der Waals surface area (Å²) in [6.07, 6.45) is 0.751. The molecule has 2 atom stereocenters. The summed E-state index contributed by atoms with van der Waals surface area (Å²) >= 11 is 0. The van der Waals surface area contributed by atoms with Crippen molar-refractivity contribution in [3.63, 3.8) is 0 Å². The second-order valence-electron chi connectivity index (χ2n) is 9.16. The smallest absolute Gasteiger partial charge is 0.264 e. The zero-order valence-electron chi connectivity index (χ0n) is 21.8. The van der Waals surface area contributed by atoms with E-state index in [1.807, 2.05) is 45.0 Å². The Kier molecular flexibility index (Phi) is 9.47. The van der Waals surface area contributed by atoms with Crippen molar-refractivity contribution >= 4 is 27.5 Å². The molecule has 2 amide bonds. The molecule has 0 heterocycles. The fourth-order valence-corrected chi connectivity index (χ4v) is 5.22. The number of carbonyl (C=O) groups is 2. The van der Waals surface area contributed by atoms with Crippen LogP contribution in [-0.4, -0.2) is 43.8 Å². The molecule has 7 nitrogen and oxygen atoms in total. The van der Waals surface area contributed by atoms with E-state index in [1.54, 1.807) is 55.5 Å². The van der Waals surface area contributed by atoms with E-state index in [-0.39, 0.29) is 23.4 Å². The van der Waals surface area contributed by atoms with Crippen LogP contribution in [0.5, 0.6) is 0 Å². The van der Waals surface area contributed by atoms with Gasteiger partial charge < -0.3 is 10.2 Å². The molecule has 3 rings (SSSR count). The van der Waals surface area contributed by atoms with Gasteiger partial charge in [0.25, 0.3) is 10.0 Å². The average Bonchev–Trinajstić information content (AvgIpc) is 2.91. The fourth-order valence-electron chi connectivity index (χ4n) is 3.78. The molecule has 0 aliphatic rings. The van der Waals surface area contributed by atoms with Gasteiger partial charge in [0.1, 0.15) is 12.6 Å². The summed E-state index contributed by atoms with van der Waals surface area (Å²) in [6.45, 7) is 7.23. The second-order valence-corrected chi connectivity index (χ2v) is 11.0. The van der Waals surface area contributed by atoms with Crippen LogP contribution in [0.25, 0.3) is 0 Å². The van der Waals surface area contributed by atoms with Crippen molar-refractivity contribution < 1.29 is 18.0 Å². The second kappa shape index (κ2) is 12.5. The molecule has 3 aromatic rings. The predicted octanol–water partition coefficient (Wildman–Crippen LogP) is 4.52. The van der Waals surface area contributed by atoms with Crippen LogP contribution in [0.15, 0.2) is 89.8 Å². The summed E-state index contributed by atoms with van der Waals surface area (Å²) in [7, 11) is -4.04. The minimum Gasteiger partial charge on any atom is -0.352 e. The van der Waals surface area contributed by atoms with Gasteiger partial charge in [-0.3, -0.25) is 13.9 Å². The zero-order valence-corrected chi connectivity index (χ0v) is 22.6. The molecule has 0 spiro atoms. The predicted molar refractivity (Wildman–Crippen MR) is 147 cm³/mol. The van der Waals surface area contributed by atoms with E-state index in [9.17, 15) is 18.0 Å². The molecule has 0 saturated carbocycles. The Bertz CT molecular complexity index is 1280. The van der Waals surface area contributed by atoms with Crippen molar-refractivity contribution in [1.82, 2.24) is 10.2 Å². The van der Waals surface area contributed by atoms with Gasteiger partial charge in [-0.2, -0.15) is 0 Å². The first-order chi connectivity index (χ1) is 17.6. The van der Waals surface area contributed by atoms with Crippen LogP contribution < -0.4 is 9.62 Å². The van der Waals surface area contributed by atoms with Crippen LogP contribution in [0.4, 0.5) is 5.69 Å². The van der Waals surface area contributed by atoms with Gasteiger partial charge in [0.15, 0.2) is 0 Å². The van der Waals surface area contributed by atoms with Crippen LogP contribution in [0.2, 0.25) is 0 Å². The van der Waals surface area contributed by atoms with Crippen molar-refractivity contribution in [3.8, 4) is 0 Å². The number of rotatable bonds is 11. The van der Waals surface area contributed by atoms with Crippen molar-refractivity contribution in [2.75, 3.05) is 10.8 Å². The maximum atomic E-state index is 13.8. The maximum absolute atomic E-state index is 13.8. The van der Waals surface area contributed by atoms with Crippen molar-refractivity contribution in [2.24, 2.45) is 0 Å². The molecule has 37 heavy (non-hydrogen) atoms. The van der Waals surface area contributed by atoms with Crippen LogP contribution in [0.3, 0.4) is 0 Å². The number of benzene rings is 3. The summed E-state index contributed by atoms with van der Waals surface area (Å²) in [5.74, 6) is -0.761. The third-order valence-electron chi connectivity index (χ3n) is 6.30. The summed E-state index contributed by atoms with van der Waals surface area (Å²) in [5.41, 5.74) is 2.29. The molecule has 0 saturated heterocycles. The molecule has 196 valence electrons. The molecule has 3 aromatic carbocycles. The fraction of sp³-hybridized carbons (Fsp3) is 0.310. The molecular weight excluding hydrogens is 486 g/mol. The van der Waals surface area contributed by atoms with E-state index in [1.165, 1.54) is 17.0 Å². The lowest BCUT2D eigenvalue weighted by Crippen LogP contribution is -2.52. The molecule has 8 heteroatoms. The summed E-state index contributed by atoms with van der Waals surface area (Å²) in [4.78, 5) is 28.4. The highest BCUT2D eigenvalue weighted by Crippen LogP contribution is 2.24. The third kappa shape index (κ3) is 7.20. The Balaban J connectivity index is 1.98. The van der Waals surface area contributed by atoms with Crippen molar-refractivity contribution in [1.29, 1.82) is 0 Å². The van der Waals surface area contributed by atoms with Gasteiger partial charge in [0.2, 0.25) is 11.8 Å². The molecule has 0 aliphatic carbocycles. The standard InChI is InChI=1S/C29H35N3O4S/c1-5-23(3)30-29(34)24(4)31(20-25-18-16-22(2)17-19-25)28(33)21-32(26-12-8-6-9-13-26)37(35,36)27-14-10-7-11-15-27/h6-19,23-24H,5,20-21H2,1-4H3,(H,30,34)/t23-,24+/m0/s1. The number of amides is 2. The maximum Gasteiger partial charge on any atom is 0.264 e. The van der Waals surface area contributed by atoms with Gasteiger partial charge >= 0.3 is 0 Å². The Morgan fingerprint density at radius 2 is 1.43 bits per heavy atom. The highest BCUT2D eigenvalue weighted by atomic mass is 32.2. The molecular formula is C29H35N3O4S. The number of hydrogen-bond acceptors (Lipinski definition) is 4. The largest absolute Gasteiger partial charge is 0.352 e. The summed E-state index contributed by atoms with van der Waals surface area (Å²) in [5, 5.41) is 2.94. The highest BCUT2D eigenvalue weighted by Gasteiger charge is 2.32. The molecule has 0 radical (unpaired) electrons. The van der Waals surface area contributed by atoms with E-state index in [2.05, 4.69) is 5.32 Å². The van der Waals surface area contributed by atoms with Crippen LogP contribution in [-0.2, 0) is 26.2 Å². The van der Waals surface area contributed by atoms with E-state index < -0.39 is 28.5 Å². The Morgan fingerprint density at radius 3 is 2.00 bits per heavy atom. The monoisotopic (exact) mass is 521 g/mol. The van der Waals surface area contributed by atoms with E-state index >= 15 is 0 Å². The van der Waals surface area contributed by atoms with E-state index in [4.69, 9.17) is 0 Å². The van der Waals surface area contributed by atoms with Gasteiger partial charge in [0, 0.05) is 12.6 Å². The molecule has 0 unspecified atom stereocenters. The van der Waals surface area contributed by atoms with Gasteiger partial charge in [0.05, 0.1) is 10.6 Å². The third-order valence-corrected chi connectivity index (χ3v) is 8.08. The van der Waals surface area contributed by atoms with Crippen LogP contribution in [0.1, 0.15) is 38.3 Å². The summed E-state index contributed by atoms with van der Waals surface area (Å²) in [6, 6.07) is 23.4. The lowest BCUT2D eigenvalue weighted by Gasteiger charge is -2.32.